The zero-order valence-corrected chi connectivity index (χ0v) is 11.1. The molecule has 0 spiro atoms. The van der Waals surface area contributed by atoms with Crippen molar-refractivity contribution in [3.63, 3.8) is 0 Å². The van der Waals surface area contributed by atoms with E-state index in [1.807, 2.05) is 26.0 Å². The van der Waals surface area contributed by atoms with E-state index in [0.717, 1.165) is 12.3 Å². The van der Waals surface area contributed by atoms with Crippen LogP contribution in [-0.2, 0) is 0 Å². The summed E-state index contributed by atoms with van der Waals surface area (Å²) in [6.45, 7) is 4.92. The van der Waals surface area contributed by atoms with Crippen molar-refractivity contribution < 1.29 is 8.81 Å². The van der Waals surface area contributed by atoms with E-state index in [-0.39, 0.29) is 11.9 Å². The number of hydrogen-bond acceptors (Lipinski definition) is 2. The smallest absolute Gasteiger partial charge is 0.134 e. The summed E-state index contributed by atoms with van der Waals surface area (Å²) < 4.78 is 19.0. The van der Waals surface area contributed by atoms with E-state index < -0.39 is 0 Å². The highest BCUT2D eigenvalue weighted by atomic mass is 35.5. The second-order valence-corrected chi connectivity index (χ2v) is 4.58. The van der Waals surface area contributed by atoms with Gasteiger partial charge in [-0.15, -0.1) is 0 Å². The third-order valence-electron chi connectivity index (χ3n) is 2.71. The van der Waals surface area contributed by atoms with E-state index in [9.17, 15) is 4.39 Å². The van der Waals surface area contributed by atoms with Crippen LogP contribution in [0.1, 0.15) is 25.6 Å². The van der Waals surface area contributed by atoms with Gasteiger partial charge in [0.2, 0.25) is 0 Å². The molecule has 1 aromatic heterocycles. The van der Waals surface area contributed by atoms with Crippen molar-refractivity contribution in [2.75, 3.05) is 6.54 Å². The highest BCUT2D eigenvalue weighted by Gasteiger charge is 2.11. The van der Waals surface area contributed by atoms with E-state index in [2.05, 4.69) is 5.32 Å². The summed E-state index contributed by atoms with van der Waals surface area (Å²) in [5.41, 5.74) is 0.648. The Morgan fingerprint density at radius 2 is 2.11 bits per heavy atom. The van der Waals surface area contributed by atoms with Gasteiger partial charge in [-0.1, -0.05) is 18.5 Å². The highest BCUT2D eigenvalue weighted by Crippen LogP contribution is 2.28. The maximum atomic E-state index is 13.3. The molecule has 0 fully saturated rings. The van der Waals surface area contributed by atoms with Crippen LogP contribution >= 0.6 is 11.6 Å². The first-order valence-electron chi connectivity index (χ1n) is 5.89. The molecule has 2 nitrogen and oxygen atoms in total. The van der Waals surface area contributed by atoms with Crippen LogP contribution in [0, 0.1) is 5.82 Å². The molecule has 1 unspecified atom stereocenters. The van der Waals surface area contributed by atoms with Crippen LogP contribution in [0.5, 0.6) is 0 Å². The van der Waals surface area contributed by atoms with E-state index >= 15 is 0 Å². The number of benzene rings is 1. The van der Waals surface area contributed by atoms with Crippen molar-refractivity contribution in [1.29, 1.82) is 0 Å². The van der Waals surface area contributed by atoms with Crippen LogP contribution < -0.4 is 5.32 Å². The predicted octanol–water partition coefficient (Wildman–Crippen LogP) is 4.41. The Hall–Kier alpha value is -1.32. The average Bonchev–Trinajstić information content (AvgIpc) is 2.77. The summed E-state index contributed by atoms with van der Waals surface area (Å²) in [7, 11) is 0. The third kappa shape index (κ3) is 2.92. The van der Waals surface area contributed by atoms with Crippen LogP contribution in [-0.4, -0.2) is 6.54 Å². The molecule has 0 bridgehead atoms. The fourth-order valence-corrected chi connectivity index (χ4v) is 2.07. The van der Waals surface area contributed by atoms with Gasteiger partial charge >= 0.3 is 0 Å². The molecule has 96 valence electrons. The molecule has 18 heavy (non-hydrogen) atoms. The van der Waals surface area contributed by atoms with Crippen LogP contribution in [0.25, 0.3) is 11.3 Å². The van der Waals surface area contributed by atoms with Crippen molar-refractivity contribution in [3.8, 4) is 11.3 Å². The summed E-state index contributed by atoms with van der Waals surface area (Å²) in [4.78, 5) is 0. The molecule has 0 radical (unpaired) electrons. The number of furan rings is 1. The van der Waals surface area contributed by atoms with Gasteiger partial charge in [0.1, 0.15) is 17.3 Å². The Bertz CT molecular complexity index is 518. The minimum atomic E-state index is -0.366. The van der Waals surface area contributed by atoms with Crippen molar-refractivity contribution in [3.05, 3.63) is 46.9 Å². The summed E-state index contributed by atoms with van der Waals surface area (Å²) in [5, 5.41) is 3.62. The predicted molar refractivity (Wildman–Crippen MR) is 71.2 cm³/mol. The lowest BCUT2D eigenvalue weighted by atomic mass is 10.2. The Balaban J connectivity index is 2.29. The fourth-order valence-electron chi connectivity index (χ4n) is 1.84. The van der Waals surface area contributed by atoms with Gasteiger partial charge in [-0.05, 0) is 43.8 Å². The van der Waals surface area contributed by atoms with E-state index in [1.165, 1.54) is 12.1 Å². The van der Waals surface area contributed by atoms with E-state index in [0.29, 0.717) is 16.3 Å². The number of halogens is 2. The molecule has 1 aromatic carbocycles. The van der Waals surface area contributed by atoms with E-state index in [1.54, 1.807) is 6.07 Å². The molecular formula is C14H15ClFNO. The Morgan fingerprint density at radius 3 is 2.78 bits per heavy atom. The maximum Gasteiger partial charge on any atom is 0.134 e. The van der Waals surface area contributed by atoms with Crippen molar-refractivity contribution in [1.82, 2.24) is 5.32 Å². The topological polar surface area (TPSA) is 25.2 Å². The van der Waals surface area contributed by atoms with Crippen LogP contribution in [0.15, 0.2) is 34.7 Å². The first-order chi connectivity index (χ1) is 8.60. The zero-order chi connectivity index (χ0) is 13.1. The average molecular weight is 268 g/mol. The molecule has 0 aliphatic heterocycles. The van der Waals surface area contributed by atoms with Crippen LogP contribution in [0.4, 0.5) is 4.39 Å². The Labute approximate surface area is 111 Å². The molecule has 1 heterocycles. The Kier molecular flexibility index (Phi) is 4.04. The zero-order valence-electron chi connectivity index (χ0n) is 10.3. The molecule has 1 atom stereocenters. The molecule has 0 saturated heterocycles. The Morgan fingerprint density at radius 1 is 1.33 bits per heavy atom. The van der Waals surface area contributed by atoms with Gasteiger partial charge in [0.25, 0.3) is 0 Å². The molecule has 2 aromatic rings. The van der Waals surface area contributed by atoms with E-state index in [4.69, 9.17) is 16.0 Å². The number of rotatable bonds is 4. The first kappa shape index (κ1) is 13.1. The first-order valence-corrected chi connectivity index (χ1v) is 6.27. The molecule has 2 rings (SSSR count). The summed E-state index contributed by atoms with van der Waals surface area (Å²) in [6, 6.07) is 8.22. The SMILES string of the molecule is CCNC(C)c1ccc(-c2cc(F)cc(Cl)c2)o1. The number of nitrogens with one attached hydrogen (secondary N) is 1. The summed E-state index contributed by atoms with van der Waals surface area (Å²) in [5.74, 6) is 1.08. The van der Waals surface area contributed by atoms with Crippen molar-refractivity contribution in [2.24, 2.45) is 0 Å². The molecule has 0 saturated carbocycles. The van der Waals surface area contributed by atoms with Gasteiger partial charge in [0.15, 0.2) is 0 Å². The standard InChI is InChI=1S/C14H15ClFNO/c1-3-17-9(2)13-4-5-14(18-13)10-6-11(15)8-12(16)7-10/h4-9,17H,3H2,1-2H3. The van der Waals surface area contributed by atoms with Gasteiger partial charge in [0, 0.05) is 10.6 Å². The molecule has 0 amide bonds. The van der Waals surface area contributed by atoms with Gasteiger partial charge in [-0.2, -0.15) is 0 Å². The third-order valence-corrected chi connectivity index (χ3v) is 2.93. The second-order valence-electron chi connectivity index (χ2n) is 4.14. The van der Waals surface area contributed by atoms with Gasteiger partial charge in [-0.25, -0.2) is 4.39 Å². The summed E-state index contributed by atoms with van der Waals surface area (Å²) >= 11 is 5.83. The summed E-state index contributed by atoms with van der Waals surface area (Å²) in [6.07, 6.45) is 0. The molecule has 4 heteroatoms. The van der Waals surface area contributed by atoms with Gasteiger partial charge in [0.05, 0.1) is 6.04 Å². The minimum Gasteiger partial charge on any atom is -0.459 e. The lowest BCUT2D eigenvalue weighted by Crippen LogP contribution is -2.16. The molecule has 0 aliphatic carbocycles. The van der Waals surface area contributed by atoms with Crippen LogP contribution in [0.3, 0.4) is 0 Å². The minimum absolute atomic E-state index is 0.132. The van der Waals surface area contributed by atoms with Crippen molar-refractivity contribution in [2.45, 2.75) is 19.9 Å². The second kappa shape index (κ2) is 5.55. The lowest BCUT2D eigenvalue weighted by molar-refractivity contribution is 0.445. The van der Waals surface area contributed by atoms with Crippen LogP contribution in [0.2, 0.25) is 5.02 Å². The number of hydrogen-bond donors (Lipinski definition) is 1. The molecule has 1 N–H and O–H groups in total. The lowest BCUT2D eigenvalue weighted by Gasteiger charge is -2.08. The quantitative estimate of drug-likeness (QED) is 0.888. The van der Waals surface area contributed by atoms with Gasteiger partial charge < -0.3 is 9.73 Å². The molecule has 0 aliphatic rings. The highest BCUT2D eigenvalue weighted by molar-refractivity contribution is 6.30. The van der Waals surface area contributed by atoms with Gasteiger partial charge in [-0.3, -0.25) is 0 Å². The fraction of sp³-hybridized carbons (Fsp3) is 0.286. The maximum absolute atomic E-state index is 13.3. The normalized spacial score (nSPS) is 12.7. The molecular weight excluding hydrogens is 253 g/mol. The monoisotopic (exact) mass is 267 g/mol. The van der Waals surface area contributed by atoms with Crippen molar-refractivity contribution >= 4 is 11.6 Å². The largest absolute Gasteiger partial charge is 0.459 e.